The van der Waals surface area contributed by atoms with Crippen molar-refractivity contribution in [2.24, 2.45) is 0 Å². The van der Waals surface area contributed by atoms with Gasteiger partial charge in [-0.1, -0.05) is 27.5 Å². The Morgan fingerprint density at radius 1 is 1.47 bits per heavy atom. The van der Waals surface area contributed by atoms with Gasteiger partial charge in [0, 0.05) is 22.0 Å². The standard InChI is InChI=1S/C12H14BrClO4S/c1-17-11-5-9(14)4-8(6-13)12(11)18-10-2-3-19(15,16)7-10/h4-5,10H,2-3,6-7H2,1H3. The van der Waals surface area contributed by atoms with Gasteiger partial charge in [-0.2, -0.15) is 0 Å². The van der Waals surface area contributed by atoms with Crippen molar-refractivity contribution in [1.82, 2.24) is 0 Å². The van der Waals surface area contributed by atoms with Gasteiger partial charge in [-0.15, -0.1) is 0 Å². The molecule has 4 nitrogen and oxygen atoms in total. The first-order valence-electron chi connectivity index (χ1n) is 5.74. The zero-order valence-electron chi connectivity index (χ0n) is 10.4. The number of hydrogen-bond acceptors (Lipinski definition) is 4. The Bertz CT molecular complexity index is 548. The van der Waals surface area contributed by atoms with E-state index in [2.05, 4.69) is 15.9 Å². The van der Waals surface area contributed by atoms with E-state index in [1.165, 1.54) is 7.11 Å². The maximum Gasteiger partial charge on any atom is 0.165 e. The molecule has 1 unspecified atom stereocenters. The quantitative estimate of drug-likeness (QED) is 0.766. The highest BCUT2D eigenvalue weighted by molar-refractivity contribution is 9.08. The molecule has 1 aromatic rings. The van der Waals surface area contributed by atoms with Crippen LogP contribution in [0.2, 0.25) is 5.02 Å². The van der Waals surface area contributed by atoms with E-state index in [0.29, 0.717) is 28.3 Å². The fourth-order valence-corrected chi connectivity index (χ4v) is 4.26. The first-order chi connectivity index (χ1) is 8.95. The molecule has 2 rings (SSSR count). The third-order valence-electron chi connectivity index (χ3n) is 2.94. The highest BCUT2D eigenvalue weighted by Crippen LogP contribution is 2.37. The van der Waals surface area contributed by atoms with Gasteiger partial charge in [-0.25, -0.2) is 8.42 Å². The van der Waals surface area contributed by atoms with Crippen molar-refractivity contribution >= 4 is 37.4 Å². The number of rotatable bonds is 4. The maximum absolute atomic E-state index is 11.5. The van der Waals surface area contributed by atoms with Crippen LogP contribution < -0.4 is 9.47 Å². The summed E-state index contributed by atoms with van der Waals surface area (Å²) in [7, 11) is -1.44. The summed E-state index contributed by atoms with van der Waals surface area (Å²) >= 11 is 9.35. The van der Waals surface area contributed by atoms with E-state index >= 15 is 0 Å². The predicted octanol–water partition coefficient (Wildman–Crippen LogP) is 2.81. The third-order valence-corrected chi connectivity index (χ3v) is 5.50. The van der Waals surface area contributed by atoms with Crippen molar-refractivity contribution in [3.8, 4) is 11.5 Å². The van der Waals surface area contributed by atoms with Gasteiger partial charge in [0.25, 0.3) is 0 Å². The summed E-state index contributed by atoms with van der Waals surface area (Å²) in [4.78, 5) is 0. The lowest BCUT2D eigenvalue weighted by Crippen LogP contribution is -2.18. The number of alkyl halides is 1. The molecule has 1 atom stereocenters. The predicted molar refractivity (Wildman–Crippen MR) is 78.3 cm³/mol. The summed E-state index contributed by atoms with van der Waals surface area (Å²) in [5.41, 5.74) is 0.841. The van der Waals surface area contributed by atoms with Crippen LogP contribution in [0.1, 0.15) is 12.0 Å². The molecular formula is C12H14BrClO4S. The summed E-state index contributed by atoms with van der Waals surface area (Å²) in [6.07, 6.45) is 0.188. The molecule has 0 aromatic heterocycles. The van der Waals surface area contributed by atoms with E-state index in [0.717, 1.165) is 5.56 Å². The Morgan fingerprint density at radius 2 is 2.21 bits per heavy atom. The molecule has 0 amide bonds. The van der Waals surface area contributed by atoms with Crippen LogP contribution in [-0.2, 0) is 15.2 Å². The molecule has 19 heavy (non-hydrogen) atoms. The number of halogens is 2. The van der Waals surface area contributed by atoms with Crippen molar-refractivity contribution in [2.75, 3.05) is 18.6 Å². The van der Waals surface area contributed by atoms with Crippen LogP contribution in [-0.4, -0.2) is 33.1 Å². The summed E-state index contributed by atoms with van der Waals surface area (Å²) in [6, 6.07) is 3.43. The van der Waals surface area contributed by atoms with E-state index in [9.17, 15) is 8.42 Å². The summed E-state index contributed by atoms with van der Waals surface area (Å²) in [5, 5.41) is 1.11. The van der Waals surface area contributed by atoms with Gasteiger partial charge < -0.3 is 9.47 Å². The lowest BCUT2D eigenvalue weighted by Gasteiger charge is -2.18. The molecule has 1 aliphatic heterocycles. The summed E-state index contributed by atoms with van der Waals surface area (Å²) in [5.74, 6) is 1.31. The normalized spacial score (nSPS) is 21.3. The average molecular weight is 370 g/mol. The zero-order valence-corrected chi connectivity index (χ0v) is 13.5. The van der Waals surface area contributed by atoms with Gasteiger partial charge in [-0.3, -0.25) is 0 Å². The molecule has 7 heteroatoms. The van der Waals surface area contributed by atoms with E-state index in [1.807, 2.05) is 0 Å². The van der Waals surface area contributed by atoms with Crippen molar-refractivity contribution in [3.05, 3.63) is 22.7 Å². The lowest BCUT2D eigenvalue weighted by atomic mass is 10.2. The molecule has 1 saturated heterocycles. The molecule has 1 fully saturated rings. The number of benzene rings is 1. The smallest absolute Gasteiger partial charge is 0.165 e. The van der Waals surface area contributed by atoms with Crippen LogP contribution in [0.4, 0.5) is 0 Å². The highest BCUT2D eigenvalue weighted by atomic mass is 79.9. The molecular weight excluding hydrogens is 356 g/mol. The largest absolute Gasteiger partial charge is 0.493 e. The van der Waals surface area contributed by atoms with Crippen LogP contribution in [0.3, 0.4) is 0 Å². The monoisotopic (exact) mass is 368 g/mol. The minimum Gasteiger partial charge on any atom is -0.493 e. The van der Waals surface area contributed by atoms with Crippen LogP contribution in [0.25, 0.3) is 0 Å². The number of ether oxygens (including phenoxy) is 2. The molecule has 1 heterocycles. The minimum atomic E-state index is -2.97. The second-order valence-corrected chi connectivity index (χ2v) is 7.60. The van der Waals surface area contributed by atoms with Crippen molar-refractivity contribution in [2.45, 2.75) is 17.9 Å². The zero-order chi connectivity index (χ0) is 14.0. The molecule has 0 bridgehead atoms. The minimum absolute atomic E-state index is 0.0561. The Hall–Kier alpha value is -0.460. The van der Waals surface area contributed by atoms with Gasteiger partial charge in [0.05, 0.1) is 18.6 Å². The number of methoxy groups -OCH3 is 1. The third kappa shape index (κ3) is 3.55. The Kier molecular flexibility index (Phi) is 4.63. The molecule has 0 saturated carbocycles. The molecule has 1 aliphatic rings. The first-order valence-corrected chi connectivity index (χ1v) is 9.06. The fraction of sp³-hybridized carbons (Fsp3) is 0.500. The second-order valence-electron chi connectivity index (χ2n) is 4.37. The van der Waals surface area contributed by atoms with E-state index in [1.54, 1.807) is 12.1 Å². The topological polar surface area (TPSA) is 52.6 Å². The van der Waals surface area contributed by atoms with Gasteiger partial charge in [0.2, 0.25) is 0 Å². The van der Waals surface area contributed by atoms with Gasteiger partial charge in [-0.05, 0) is 12.5 Å². The van der Waals surface area contributed by atoms with E-state index in [-0.39, 0.29) is 17.6 Å². The van der Waals surface area contributed by atoms with Gasteiger partial charge in [0.15, 0.2) is 21.3 Å². The van der Waals surface area contributed by atoms with E-state index in [4.69, 9.17) is 21.1 Å². The summed E-state index contributed by atoms with van der Waals surface area (Å²) < 4.78 is 34.0. The highest BCUT2D eigenvalue weighted by Gasteiger charge is 2.30. The van der Waals surface area contributed by atoms with Crippen molar-refractivity contribution < 1.29 is 17.9 Å². The molecule has 1 aromatic carbocycles. The van der Waals surface area contributed by atoms with Gasteiger partial charge in [0.1, 0.15) is 6.10 Å². The van der Waals surface area contributed by atoms with Crippen LogP contribution in [0, 0.1) is 0 Å². The summed E-state index contributed by atoms with van der Waals surface area (Å²) in [6.45, 7) is 0. The Morgan fingerprint density at radius 3 is 2.74 bits per heavy atom. The molecule has 0 N–H and O–H groups in total. The second kappa shape index (κ2) is 5.89. The number of sulfone groups is 1. The first kappa shape index (κ1) is 14.9. The molecule has 106 valence electrons. The van der Waals surface area contributed by atoms with E-state index < -0.39 is 9.84 Å². The maximum atomic E-state index is 11.5. The van der Waals surface area contributed by atoms with Gasteiger partial charge >= 0.3 is 0 Å². The van der Waals surface area contributed by atoms with Crippen molar-refractivity contribution in [1.29, 1.82) is 0 Å². The molecule has 0 spiro atoms. The Balaban J connectivity index is 2.29. The van der Waals surface area contributed by atoms with Crippen LogP contribution >= 0.6 is 27.5 Å². The fourth-order valence-electron chi connectivity index (χ4n) is 2.03. The Labute approximate surface area is 126 Å². The molecule has 0 aliphatic carbocycles. The SMILES string of the molecule is COc1cc(Cl)cc(CBr)c1OC1CCS(=O)(=O)C1. The van der Waals surface area contributed by atoms with Crippen LogP contribution in [0.15, 0.2) is 12.1 Å². The number of hydrogen-bond donors (Lipinski definition) is 0. The van der Waals surface area contributed by atoms with Crippen molar-refractivity contribution in [3.63, 3.8) is 0 Å². The molecule has 0 radical (unpaired) electrons. The average Bonchev–Trinajstić information content (AvgIpc) is 2.70. The lowest BCUT2D eigenvalue weighted by molar-refractivity contribution is 0.216. The van der Waals surface area contributed by atoms with Crippen LogP contribution in [0.5, 0.6) is 11.5 Å².